The normalized spacial score (nSPS) is 10.9. The standard InChI is InChI=1S/C13H15N3O3/c1-8(2)16(7-12(17)18)13(19)9-3-4-11-10(5-9)6-14-15-11/h3-6,8H,7H2,1-2H3,(H,14,15)(H,17,18). The van der Waals surface area contributed by atoms with Gasteiger partial charge in [-0.3, -0.25) is 14.7 Å². The lowest BCUT2D eigenvalue weighted by molar-refractivity contribution is -0.138. The lowest BCUT2D eigenvalue weighted by atomic mass is 10.1. The van der Waals surface area contributed by atoms with Crippen molar-refractivity contribution < 1.29 is 14.7 Å². The minimum Gasteiger partial charge on any atom is -0.480 e. The van der Waals surface area contributed by atoms with Crippen molar-refractivity contribution in [2.75, 3.05) is 6.54 Å². The molecule has 1 aromatic carbocycles. The molecule has 0 saturated heterocycles. The Bertz CT molecular complexity index is 618. The van der Waals surface area contributed by atoms with Crippen LogP contribution in [-0.4, -0.2) is 44.7 Å². The number of nitrogens with zero attached hydrogens (tertiary/aromatic N) is 2. The first-order chi connectivity index (χ1) is 8.99. The van der Waals surface area contributed by atoms with E-state index in [0.717, 1.165) is 10.9 Å². The lowest BCUT2D eigenvalue weighted by Crippen LogP contribution is -2.40. The zero-order chi connectivity index (χ0) is 14.0. The molecule has 2 rings (SSSR count). The van der Waals surface area contributed by atoms with Crippen molar-refractivity contribution in [2.24, 2.45) is 0 Å². The molecule has 100 valence electrons. The number of nitrogens with one attached hydrogen (secondary N) is 1. The maximum Gasteiger partial charge on any atom is 0.323 e. The summed E-state index contributed by atoms with van der Waals surface area (Å²) in [5.74, 6) is -1.31. The van der Waals surface area contributed by atoms with Gasteiger partial charge in [-0.05, 0) is 32.0 Å². The molecule has 2 N–H and O–H groups in total. The number of aromatic nitrogens is 2. The first-order valence-electron chi connectivity index (χ1n) is 5.95. The number of benzene rings is 1. The zero-order valence-electron chi connectivity index (χ0n) is 10.8. The number of carboxylic acid groups (broad SMARTS) is 1. The van der Waals surface area contributed by atoms with Crippen LogP contribution in [0, 0.1) is 0 Å². The van der Waals surface area contributed by atoms with Crippen LogP contribution in [0.5, 0.6) is 0 Å². The van der Waals surface area contributed by atoms with Gasteiger partial charge in [0.1, 0.15) is 6.54 Å². The molecule has 0 aliphatic heterocycles. The molecule has 0 fully saturated rings. The average Bonchev–Trinajstić information content (AvgIpc) is 2.81. The van der Waals surface area contributed by atoms with Gasteiger partial charge in [0.2, 0.25) is 0 Å². The van der Waals surface area contributed by atoms with Crippen LogP contribution < -0.4 is 0 Å². The van der Waals surface area contributed by atoms with Crippen LogP contribution in [0.25, 0.3) is 10.9 Å². The van der Waals surface area contributed by atoms with E-state index in [9.17, 15) is 9.59 Å². The summed E-state index contributed by atoms with van der Waals surface area (Å²) in [6, 6.07) is 4.96. The molecule has 0 aliphatic carbocycles. The number of aliphatic carboxylic acids is 1. The van der Waals surface area contributed by atoms with Gasteiger partial charge in [-0.2, -0.15) is 5.10 Å². The summed E-state index contributed by atoms with van der Waals surface area (Å²) in [7, 11) is 0. The molecule has 2 aromatic rings. The molecule has 0 saturated carbocycles. The third-order valence-electron chi connectivity index (χ3n) is 2.88. The number of H-pyrrole nitrogens is 1. The Kier molecular flexibility index (Phi) is 3.50. The fourth-order valence-electron chi connectivity index (χ4n) is 1.88. The van der Waals surface area contributed by atoms with Crippen molar-refractivity contribution in [3.63, 3.8) is 0 Å². The van der Waals surface area contributed by atoms with E-state index in [4.69, 9.17) is 5.11 Å². The van der Waals surface area contributed by atoms with E-state index in [-0.39, 0.29) is 18.5 Å². The average molecular weight is 261 g/mol. The number of rotatable bonds is 4. The molecule has 19 heavy (non-hydrogen) atoms. The molecule has 0 atom stereocenters. The van der Waals surface area contributed by atoms with E-state index >= 15 is 0 Å². The third kappa shape index (κ3) is 2.73. The number of hydrogen-bond donors (Lipinski definition) is 2. The molecule has 1 amide bonds. The quantitative estimate of drug-likeness (QED) is 0.873. The molecule has 0 unspecified atom stereocenters. The van der Waals surface area contributed by atoms with Crippen LogP contribution in [0.15, 0.2) is 24.4 Å². The summed E-state index contributed by atoms with van der Waals surface area (Å²) in [6.07, 6.45) is 1.63. The van der Waals surface area contributed by atoms with Crippen molar-refractivity contribution in [2.45, 2.75) is 19.9 Å². The molecule has 0 bridgehead atoms. The number of carbonyl (C=O) groups is 2. The van der Waals surface area contributed by atoms with Crippen molar-refractivity contribution in [3.05, 3.63) is 30.0 Å². The fourth-order valence-corrected chi connectivity index (χ4v) is 1.88. The van der Waals surface area contributed by atoms with Gasteiger partial charge < -0.3 is 10.0 Å². The van der Waals surface area contributed by atoms with Gasteiger partial charge in [-0.25, -0.2) is 0 Å². The minimum absolute atomic E-state index is 0.177. The highest BCUT2D eigenvalue weighted by atomic mass is 16.4. The minimum atomic E-state index is -1.02. The predicted molar refractivity (Wildman–Crippen MR) is 69.9 cm³/mol. The molecule has 6 nitrogen and oxygen atoms in total. The second kappa shape index (κ2) is 5.09. The number of carbonyl (C=O) groups excluding carboxylic acids is 1. The van der Waals surface area contributed by atoms with Crippen LogP contribution in [0.1, 0.15) is 24.2 Å². The zero-order valence-corrected chi connectivity index (χ0v) is 10.8. The fraction of sp³-hybridized carbons (Fsp3) is 0.308. The van der Waals surface area contributed by atoms with Gasteiger partial charge in [0.05, 0.1) is 11.7 Å². The summed E-state index contributed by atoms with van der Waals surface area (Å²) in [5.41, 5.74) is 1.30. The Labute approximate surface area is 110 Å². The summed E-state index contributed by atoms with van der Waals surface area (Å²) in [5, 5.41) is 16.4. The highest BCUT2D eigenvalue weighted by molar-refractivity contribution is 5.99. The van der Waals surface area contributed by atoms with Crippen LogP contribution >= 0.6 is 0 Å². The summed E-state index contributed by atoms with van der Waals surface area (Å²) in [6.45, 7) is 3.27. The summed E-state index contributed by atoms with van der Waals surface area (Å²) in [4.78, 5) is 24.5. The highest BCUT2D eigenvalue weighted by Crippen LogP contribution is 2.15. The first-order valence-corrected chi connectivity index (χ1v) is 5.95. The Morgan fingerprint density at radius 2 is 2.16 bits per heavy atom. The second-order valence-corrected chi connectivity index (χ2v) is 4.59. The van der Waals surface area contributed by atoms with E-state index in [0.29, 0.717) is 5.56 Å². The van der Waals surface area contributed by atoms with Crippen LogP contribution in [0.2, 0.25) is 0 Å². The lowest BCUT2D eigenvalue weighted by Gasteiger charge is -2.24. The largest absolute Gasteiger partial charge is 0.480 e. The van der Waals surface area contributed by atoms with Gasteiger partial charge in [0.25, 0.3) is 5.91 Å². The number of hydrogen-bond acceptors (Lipinski definition) is 3. The summed E-state index contributed by atoms with van der Waals surface area (Å²) >= 11 is 0. The number of aromatic amines is 1. The van der Waals surface area contributed by atoms with E-state index in [1.807, 2.05) is 0 Å². The number of amides is 1. The third-order valence-corrected chi connectivity index (χ3v) is 2.88. The monoisotopic (exact) mass is 261 g/mol. The highest BCUT2D eigenvalue weighted by Gasteiger charge is 2.21. The SMILES string of the molecule is CC(C)N(CC(=O)O)C(=O)c1ccc2[nH]ncc2c1. The molecular weight excluding hydrogens is 246 g/mol. The Morgan fingerprint density at radius 3 is 2.79 bits per heavy atom. The molecule has 0 spiro atoms. The van der Waals surface area contributed by atoms with Crippen LogP contribution in [-0.2, 0) is 4.79 Å². The molecule has 0 radical (unpaired) electrons. The first kappa shape index (κ1) is 13.1. The van der Waals surface area contributed by atoms with Gasteiger partial charge in [-0.1, -0.05) is 0 Å². The van der Waals surface area contributed by atoms with Gasteiger partial charge in [0, 0.05) is 17.0 Å². The molecule has 0 aliphatic rings. The van der Waals surface area contributed by atoms with Crippen molar-refractivity contribution in [3.8, 4) is 0 Å². The van der Waals surface area contributed by atoms with Crippen molar-refractivity contribution >= 4 is 22.8 Å². The number of fused-ring (bicyclic) bond motifs is 1. The maximum absolute atomic E-state index is 12.3. The van der Waals surface area contributed by atoms with Gasteiger partial charge in [0.15, 0.2) is 0 Å². The smallest absolute Gasteiger partial charge is 0.323 e. The Morgan fingerprint density at radius 1 is 1.42 bits per heavy atom. The van der Waals surface area contributed by atoms with Crippen LogP contribution in [0.4, 0.5) is 0 Å². The predicted octanol–water partition coefficient (Wildman–Crippen LogP) is 1.50. The van der Waals surface area contributed by atoms with E-state index in [2.05, 4.69) is 10.2 Å². The van der Waals surface area contributed by atoms with Crippen LogP contribution in [0.3, 0.4) is 0 Å². The van der Waals surface area contributed by atoms with E-state index in [1.165, 1.54) is 4.90 Å². The molecule has 6 heteroatoms. The molecule has 1 heterocycles. The second-order valence-electron chi connectivity index (χ2n) is 4.59. The number of carboxylic acids is 1. The van der Waals surface area contributed by atoms with Gasteiger partial charge >= 0.3 is 5.97 Å². The van der Waals surface area contributed by atoms with E-state index in [1.54, 1.807) is 38.2 Å². The van der Waals surface area contributed by atoms with E-state index < -0.39 is 5.97 Å². The Balaban J connectivity index is 2.32. The Hall–Kier alpha value is -2.37. The van der Waals surface area contributed by atoms with Crippen molar-refractivity contribution in [1.82, 2.24) is 15.1 Å². The molecular formula is C13H15N3O3. The summed E-state index contributed by atoms with van der Waals surface area (Å²) < 4.78 is 0. The topological polar surface area (TPSA) is 86.3 Å². The maximum atomic E-state index is 12.3. The van der Waals surface area contributed by atoms with Crippen molar-refractivity contribution in [1.29, 1.82) is 0 Å². The van der Waals surface area contributed by atoms with Gasteiger partial charge in [-0.15, -0.1) is 0 Å². The molecule has 1 aromatic heterocycles.